The van der Waals surface area contributed by atoms with Gasteiger partial charge in [-0.3, -0.25) is 4.79 Å². The third-order valence-corrected chi connectivity index (χ3v) is 5.87. The van der Waals surface area contributed by atoms with Crippen molar-refractivity contribution in [3.05, 3.63) is 41.2 Å². The molecule has 1 amide bonds. The zero-order valence-electron chi connectivity index (χ0n) is 17.5. The zero-order valence-corrected chi connectivity index (χ0v) is 18.5. The minimum Gasteiger partial charge on any atom is -0.497 e. The molecule has 0 saturated carbocycles. The van der Waals surface area contributed by atoms with E-state index in [1.807, 2.05) is 0 Å². The molecule has 0 atom stereocenters. The summed E-state index contributed by atoms with van der Waals surface area (Å²) >= 11 is 0. The van der Waals surface area contributed by atoms with Crippen molar-refractivity contribution in [3.8, 4) is 11.4 Å². The summed E-state index contributed by atoms with van der Waals surface area (Å²) in [6.45, 7) is 7.43. The van der Waals surface area contributed by atoms with Crippen molar-refractivity contribution in [3.63, 3.8) is 0 Å². The van der Waals surface area contributed by atoms with Gasteiger partial charge in [-0.05, 0) is 56.7 Å². The number of halogens is 3. The Morgan fingerprint density at radius 2 is 1.83 bits per heavy atom. The molecule has 1 aliphatic rings. The molecule has 0 spiro atoms. The van der Waals surface area contributed by atoms with Crippen LogP contribution in [0.1, 0.15) is 28.2 Å². The van der Waals surface area contributed by atoms with Crippen LogP contribution in [-0.2, 0) is 17.0 Å². The summed E-state index contributed by atoms with van der Waals surface area (Å²) < 4.78 is 52.7. The predicted octanol–water partition coefficient (Wildman–Crippen LogP) is 4.14. The van der Waals surface area contributed by atoms with E-state index in [1.54, 1.807) is 29.2 Å². The molecule has 1 aromatic carbocycles. The number of hydrogen-bond acceptors (Lipinski definition) is 4. The fourth-order valence-corrected chi connectivity index (χ4v) is 4.15. The number of methoxy groups -OCH3 is 1. The molecular weight excluding hydrogens is 415 g/mol. The van der Waals surface area contributed by atoms with Gasteiger partial charge in [-0.15, -0.1) is 0 Å². The van der Waals surface area contributed by atoms with Crippen molar-refractivity contribution >= 4 is 14.2 Å². The van der Waals surface area contributed by atoms with Crippen LogP contribution >= 0.6 is 0 Å². The number of aromatic nitrogens is 2. The van der Waals surface area contributed by atoms with Gasteiger partial charge in [0, 0.05) is 25.3 Å². The van der Waals surface area contributed by atoms with Gasteiger partial charge in [0.15, 0.2) is 14.0 Å². The molecular formula is C20H26F3N3O3Si. The van der Waals surface area contributed by atoms with Crippen LogP contribution in [-0.4, -0.2) is 55.7 Å². The summed E-state index contributed by atoms with van der Waals surface area (Å²) in [4.78, 5) is 14.7. The average molecular weight is 442 g/mol. The zero-order chi connectivity index (χ0) is 22.1. The van der Waals surface area contributed by atoms with Crippen LogP contribution in [0, 0.1) is 0 Å². The van der Waals surface area contributed by atoms with Crippen molar-refractivity contribution in [1.29, 1.82) is 0 Å². The van der Waals surface area contributed by atoms with E-state index in [0.29, 0.717) is 31.0 Å². The number of ether oxygens (including phenoxy) is 1. The number of amides is 1. The highest BCUT2D eigenvalue weighted by molar-refractivity contribution is 6.69. The molecule has 1 aromatic heterocycles. The largest absolute Gasteiger partial charge is 0.497 e. The lowest BCUT2D eigenvalue weighted by molar-refractivity contribution is -0.142. The third kappa shape index (κ3) is 4.86. The molecule has 10 heteroatoms. The van der Waals surface area contributed by atoms with E-state index in [9.17, 15) is 18.0 Å². The second kappa shape index (κ2) is 8.42. The second-order valence-electron chi connectivity index (χ2n) is 8.14. The molecule has 0 radical (unpaired) electrons. The molecule has 2 aromatic rings. The number of benzene rings is 1. The van der Waals surface area contributed by atoms with E-state index in [0.717, 1.165) is 4.68 Å². The maximum atomic E-state index is 13.6. The summed E-state index contributed by atoms with van der Waals surface area (Å²) in [5, 5.41) is 3.79. The third-order valence-electron chi connectivity index (χ3n) is 4.80. The van der Waals surface area contributed by atoms with Crippen molar-refractivity contribution in [1.82, 2.24) is 14.7 Å². The highest BCUT2D eigenvalue weighted by atomic mass is 28.4. The van der Waals surface area contributed by atoms with Gasteiger partial charge in [-0.2, -0.15) is 18.3 Å². The first-order chi connectivity index (χ1) is 14.0. The van der Waals surface area contributed by atoms with Crippen LogP contribution in [0.15, 0.2) is 24.3 Å². The Morgan fingerprint density at radius 3 is 2.40 bits per heavy atom. The number of alkyl halides is 3. The minimum absolute atomic E-state index is 0.0233. The van der Waals surface area contributed by atoms with E-state index < -0.39 is 26.1 Å². The molecule has 30 heavy (non-hydrogen) atoms. The van der Waals surface area contributed by atoms with Crippen LogP contribution in [0.5, 0.6) is 5.75 Å². The summed E-state index contributed by atoms with van der Waals surface area (Å²) in [5.41, 5.74) is -0.689. The molecule has 0 unspecified atom stereocenters. The normalized spacial score (nSPS) is 14.8. The van der Waals surface area contributed by atoms with Gasteiger partial charge in [0.05, 0.1) is 12.8 Å². The first-order valence-corrected chi connectivity index (χ1v) is 13.2. The summed E-state index contributed by atoms with van der Waals surface area (Å²) in [6.07, 6.45) is -3.88. The monoisotopic (exact) mass is 441 g/mol. The standard InChI is InChI=1S/C20H26F3N3O3Si/c1-28-15-8-6-14(7-9-15)26-17-16(18(24-26)20(21,22)23)10-12-25(19(17)27)11-5-13-29-30(2,3)4/h6-9H,5,10-13H2,1-4H3. The van der Waals surface area contributed by atoms with Gasteiger partial charge in [0.25, 0.3) is 5.91 Å². The SMILES string of the molecule is COc1ccc(-n2nc(C(F)(F)F)c3c2C(=O)N(CCCO[Si](C)(C)C)CC3)cc1. The van der Waals surface area contributed by atoms with E-state index in [1.165, 1.54) is 7.11 Å². The van der Waals surface area contributed by atoms with Crippen molar-refractivity contribution in [2.45, 2.75) is 38.7 Å². The number of carbonyl (C=O) groups excluding carboxylic acids is 1. The van der Waals surface area contributed by atoms with Gasteiger partial charge >= 0.3 is 6.18 Å². The summed E-state index contributed by atoms with van der Waals surface area (Å²) in [6, 6.07) is 6.41. The highest BCUT2D eigenvalue weighted by Crippen LogP contribution is 2.36. The molecule has 1 aliphatic heterocycles. The highest BCUT2D eigenvalue weighted by Gasteiger charge is 2.43. The van der Waals surface area contributed by atoms with Crippen LogP contribution in [0.25, 0.3) is 5.69 Å². The van der Waals surface area contributed by atoms with Crippen molar-refractivity contribution < 1.29 is 27.1 Å². The minimum atomic E-state index is -4.63. The van der Waals surface area contributed by atoms with Gasteiger partial charge in [0.2, 0.25) is 0 Å². The topological polar surface area (TPSA) is 56.6 Å². The predicted molar refractivity (Wildman–Crippen MR) is 109 cm³/mol. The van der Waals surface area contributed by atoms with Gasteiger partial charge in [0.1, 0.15) is 11.4 Å². The number of fused-ring (bicyclic) bond motifs is 1. The Kier molecular flexibility index (Phi) is 6.28. The van der Waals surface area contributed by atoms with Crippen molar-refractivity contribution in [2.75, 3.05) is 26.8 Å². The maximum Gasteiger partial charge on any atom is 0.435 e. The van der Waals surface area contributed by atoms with Gasteiger partial charge < -0.3 is 14.1 Å². The molecule has 2 heterocycles. The first kappa shape index (κ1) is 22.4. The summed E-state index contributed by atoms with van der Waals surface area (Å²) in [5.74, 6) is 0.120. The molecule has 6 nitrogen and oxygen atoms in total. The van der Waals surface area contributed by atoms with Crippen LogP contribution in [0.4, 0.5) is 13.2 Å². The Hall–Kier alpha value is -2.33. The van der Waals surface area contributed by atoms with E-state index in [-0.39, 0.29) is 24.2 Å². The lowest BCUT2D eigenvalue weighted by atomic mass is 10.0. The lowest BCUT2D eigenvalue weighted by Gasteiger charge is -2.28. The molecule has 3 rings (SSSR count). The molecule has 0 bridgehead atoms. The fraction of sp³-hybridized carbons (Fsp3) is 0.500. The van der Waals surface area contributed by atoms with Gasteiger partial charge in [-0.1, -0.05) is 0 Å². The molecule has 0 fully saturated rings. The molecule has 0 N–H and O–H groups in total. The lowest BCUT2D eigenvalue weighted by Crippen LogP contribution is -2.40. The Labute approximate surface area is 174 Å². The Balaban J connectivity index is 1.90. The summed E-state index contributed by atoms with van der Waals surface area (Å²) in [7, 11) is -0.150. The maximum absolute atomic E-state index is 13.6. The van der Waals surface area contributed by atoms with Crippen LogP contribution in [0.2, 0.25) is 19.6 Å². The van der Waals surface area contributed by atoms with E-state index >= 15 is 0 Å². The van der Waals surface area contributed by atoms with Crippen molar-refractivity contribution in [2.24, 2.45) is 0 Å². The Morgan fingerprint density at radius 1 is 1.17 bits per heavy atom. The number of rotatable bonds is 7. The smallest absolute Gasteiger partial charge is 0.435 e. The van der Waals surface area contributed by atoms with Crippen LogP contribution in [0.3, 0.4) is 0 Å². The molecule has 0 aliphatic carbocycles. The molecule has 0 saturated heterocycles. The fourth-order valence-electron chi connectivity index (χ4n) is 3.39. The first-order valence-electron chi connectivity index (χ1n) is 9.78. The second-order valence-corrected chi connectivity index (χ2v) is 12.7. The van der Waals surface area contributed by atoms with E-state index in [4.69, 9.17) is 9.16 Å². The number of nitrogens with zero attached hydrogens (tertiary/aromatic N) is 3. The Bertz CT molecular complexity index is 905. The van der Waals surface area contributed by atoms with E-state index in [2.05, 4.69) is 24.7 Å². The van der Waals surface area contributed by atoms with Crippen LogP contribution < -0.4 is 4.74 Å². The quantitative estimate of drug-likeness (QED) is 0.479. The van der Waals surface area contributed by atoms with Gasteiger partial charge in [-0.25, -0.2) is 4.68 Å². The molecule has 164 valence electrons. The number of carbonyl (C=O) groups is 1. The average Bonchev–Trinajstić information content (AvgIpc) is 3.07. The number of hydrogen-bond donors (Lipinski definition) is 0.